The molecule has 0 amide bonds. The molecular weight excluding hydrogens is 421 g/mol. The summed E-state index contributed by atoms with van der Waals surface area (Å²) in [6, 6.07) is 11.4. The summed E-state index contributed by atoms with van der Waals surface area (Å²) in [6.45, 7) is 8.11. The number of rotatable bonds is 9. The second-order valence-corrected chi connectivity index (χ2v) is 8.16. The van der Waals surface area contributed by atoms with Gasteiger partial charge in [0.05, 0.1) is 24.9 Å². The Morgan fingerprint density at radius 2 is 1.72 bits per heavy atom. The molecule has 0 saturated carbocycles. The van der Waals surface area contributed by atoms with Gasteiger partial charge in [-0.25, -0.2) is 0 Å². The normalized spacial score (nSPS) is 16.2. The Balaban J connectivity index is 1.33. The number of hydrogen-bond acceptors (Lipinski definition) is 5. The molecule has 1 aliphatic rings. The predicted octanol–water partition coefficient (Wildman–Crippen LogP) is 3.90. The molecule has 0 unspecified atom stereocenters. The van der Waals surface area contributed by atoms with Crippen LogP contribution >= 0.6 is 0 Å². The molecule has 0 aromatic heterocycles. The number of hydrogen-bond donors (Lipinski definition) is 1. The molecule has 3 rings (SSSR count). The van der Waals surface area contributed by atoms with E-state index in [1.54, 1.807) is 6.07 Å². The van der Waals surface area contributed by atoms with Gasteiger partial charge in [-0.3, -0.25) is 4.90 Å². The third-order valence-electron chi connectivity index (χ3n) is 5.66. The van der Waals surface area contributed by atoms with E-state index in [0.29, 0.717) is 51.6 Å². The monoisotopic (exact) mass is 452 g/mol. The zero-order chi connectivity index (χ0) is 23.1. The van der Waals surface area contributed by atoms with Crippen molar-refractivity contribution in [2.24, 2.45) is 0 Å². The van der Waals surface area contributed by atoms with Gasteiger partial charge in [-0.1, -0.05) is 12.1 Å². The summed E-state index contributed by atoms with van der Waals surface area (Å²) in [4.78, 5) is 4.04. The first kappa shape index (κ1) is 24.4. The van der Waals surface area contributed by atoms with Crippen LogP contribution in [0.1, 0.15) is 16.7 Å². The second-order valence-electron chi connectivity index (χ2n) is 8.16. The molecule has 5 nitrogen and oxygen atoms in total. The Hall–Kier alpha value is -2.29. The zero-order valence-corrected chi connectivity index (χ0v) is 18.6. The summed E-state index contributed by atoms with van der Waals surface area (Å²) in [7, 11) is 0. The molecular formula is C24H31F3N2O3. The lowest BCUT2D eigenvalue weighted by Crippen LogP contribution is -2.49. The molecule has 0 spiro atoms. The van der Waals surface area contributed by atoms with Gasteiger partial charge in [0.25, 0.3) is 0 Å². The molecule has 1 N–H and O–H groups in total. The maximum Gasteiger partial charge on any atom is 0.416 e. The number of halogens is 3. The number of benzene rings is 2. The van der Waals surface area contributed by atoms with Crippen molar-refractivity contribution in [1.82, 2.24) is 4.90 Å². The van der Waals surface area contributed by atoms with E-state index < -0.39 is 17.8 Å². The van der Waals surface area contributed by atoms with Gasteiger partial charge in [-0.05, 0) is 55.3 Å². The minimum absolute atomic E-state index is 0.212. The van der Waals surface area contributed by atoms with E-state index >= 15 is 0 Å². The largest absolute Gasteiger partial charge is 0.491 e. The van der Waals surface area contributed by atoms with Gasteiger partial charge in [0.2, 0.25) is 0 Å². The first-order chi connectivity index (χ1) is 15.2. The fourth-order valence-corrected chi connectivity index (χ4v) is 3.66. The fraction of sp³-hybridized carbons (Fsp3) is 0.500. The Morgan fingerprint density at radius 3 is 2.41 bits per heavy atom. The van der Waals surface area contributed by atoms with E-state index in [-0.39, 0.29) is 6.61 Å². The molecule has 0 aliphatic carbocycles. The SMILES string of the molecule is Cc1ccc(OCCOC[C@H](O)CN2CCN(c3cccc(C(F)(F)F)c3)CC2)cc1C. The van der Waals surface area contributed by atoms with Crippen molar-refractivity contribution in [1.29, 1.82) is 0 Å². The van der Waals surface area contributed by atoms with E-state index in [2.05, 4.69) is 11.8 Å². The summed E-state index contributed by atoms with van der Waals surface area (Å²) in [5.74, 6) is 0.802. The summed E-state index contributed by atoms with van der Waals surface area (Å²) >= 11 is 0. The van der Waals surface area contributed by atoms with Crippen molar-refractivity contribution >= 4 is 5.69 Å². The summed E-state index contributed by atoms with van der Waals surface area (Å²) < 4.78 is 50.0. The van der Waals surface area contributed by atoms with Gasteiger partial charge in [0, 0.05) is 38.4 Å². The lowest BCUT2D eigenvalue weighted by molar-refractivity contribution is -0.137. The van der Waals surface area contributed by atoms with Gasteiger partial charge in [-0.2, -0.15) is 13.2 Å². The van der Waals surface area contributed by atoms with Crippen LogP contribution < -0.4 is 9.64 Å². The molecule has 1 saturated heterocycles. The molecule has 32 heavy (non-hydrogen) atoms. The number of aryl methyl sites for hydroxylation is 2. The van der Waals surface area contributed by atoms with Gasteiger partial charge >= 0.3 is 6.18 Å². The first-order valence-electron chi connectivity index (χ1n) is 10.8. The average molecular weight is 453 g/mol. The van der Waals surface area contributed by atoms with Gasteiger partial charge < -0.3 is 19.5 Å². The second kappa shape index (κ2) is 11.0. The van der Waals surface area contributed by atoms with E-state index in [4.69, 9.17) is 9.47 Å². The Morgan fingerprint density at radius 1 is 0.969 bits per heavy atom. The van der Waals surface area contributed by atoms with Crippen LogP contribution in [-0.4, -0.2) is 68.7 Å². The molecule has 1 aliphatic heterocycles. The highest BCUT2D eigenvalue weighted by Crippen LogP contribution is 2.31. The summed E-state index contributed by atoms with van der Waals surface area (Å²) in [5, 5.41) is 10.2. The first-order valence-corrected chi connectivity index (χ1v) is 10.8. The highest BCUT2D eigenvalue weighted by molar-refractivity contribution is 5.49. The van der Waals surface area contributed by atoms with Crippen molar-refractivity contribution < 1.29 is 27.8 Å². The lowest BCUT2D eigenvalue weighted by atomic mass is 10.1. The van der Waals surface area contributed by atoms with Gasteiger partial charge in [0.1, 0.15) is 12.4 Å². The van der Waals surface area contributed by atoms with Crippen LogP contribution in [0.25, 0.3) is 0 Å². The lowest BCUT2D eigenvalue weighted by Gasteiger charge is -2.37. The third kappa shape index (κ3) is 7.12. The number of nitrogens with zero attached hydrogens (tertiary/aromatic N) is 2. The van der Waals surface area contributed by atoms with Crippen LogP contribution in [0.4, 0.5) is 18.9 Å². The van der Waals surface area contributed by atoms with E-state index in [0.717, 1.165) is 11.8 Å². The number of aliphatic hydroxyl groups excluding tert-OH is 1. The van der Waals surface area contributed by atoms with Crippen molar-refractivity contribution in [2.45, 2.75) is 26.1 Å². The number of piperazine rings is 1. The minimum atomic E-state index is -4.34. The Kier molecular flexibility index (Phi) is 8.39. The molecule has 2 aromatic carbocycles. The van der Waals surface area contributed by atoms with Crippen molar-refractivity contribution in [3.8, 4) is 5.75 Å². The van der Waals surface area contributed by atoms with E-state index in [9.17, 15) is 18.3 Å². The third-order valence-corrected chi connectivity index (χ3v) is 5.66. The summed E-state index contributed by atoms with van der Waals surface area (Å²) in [5.41, 5.74) is 2.33. The van der Waals surface area contributed by atoms with Crippen molar-refractivity contribution in [2.75, 3.05) is 57.4 Å². The highest BCUT2D eigenvalue weighted by Gasteiger charge is 2.31. The van der Waals surface area contributed by atoms with Gasteiger partial charge in [0.15, 0.2) is 0 Å². The van der Waals surface area contributed by atoms with Crippen LogP contribution in [0, 0.1) is 13.8 Å². The topological polar surface area (TPSA) is 45.2 Å². The Bertz CT molecular complexity index is 868. The van der Waals surface area contributed by atoms with Crippen LogP contribution in [-0.2, 0) is 10.9 Å². The number of ether oxygens (including phenoxy) is 2. The predicted molar refractivity (Wildman–Crippen MR) is 118 cm³/mol. The quantitative estimate of drug-likeness (QED) is 0.585. The molecule has 8 heteroatoms. The highest BCUT2D eigenvalue weighted by atomic mass is 19.4. The average Bonchev–Trinajstić information content (AvgIpc) is 2.76. The molecule has 0 bridgehead atoms. The summed E-state index contributed by atoms with van der Waals surface area (Å²) in [6.07, 6.45) is -4.97. The Labute approximate surface area is 187 Å². The number of aliphatic hydroxyl groups is 1. The van der Waals surface area contributed by atoms with Crippen LogP contribution in [0.15, 0.2) is 42.5 Å². The smallest absolute Gasteiger partial charge is 0.416 e. The molecule has 1 heterocycles. The molecule has 2 aromatic rings. The van der Waals surface area contributed by atoms with Crippen LogP contribution in [0.3, 0.4) is 0 Å². The molecule has 1 fully saturated rings. The van der Waals surface area contributed by atoms with Crippen LogP contribution in [0.5, 0.6) is 5.75 Å². The van der Waals surface area contributed by atoms with Gasteiger partial charge in [-0.15, -0.1) is 0 Å². The number of β-amino-alcohol motifs (C(OH)–C–C–N with tert-alkyl or cyclic N) is 1. The minimum Gasteiger partial charge on any atom is -0.491 e. The maximum absolute atomic E-state index is 12.9. The zero-order valence-electron chi connectivity index (χ0n) is 18.6. The van der Waals surface area contributed by atoms with Crippen molar-refractivity contribution in [3.05, 3.63) is 59.2 Å². The number of anilines is 1. The molecule has 0 radical (unpaired) electrons. The van der Waals surface area contributed by atoms with Crippen LogP contribution in [0.2, 0.25) is 0 Å². The number of alkyl halides is 3. The maximum atomic E-state index is 12.9. The fourth-order valence-electron chi connectivity index (χ4n) is 3.66. The van der Waals surface area contributed by atoms with Crippen molar-refractivity contribution in [3.63, 3.8) is 0 Å². The standard InChI is InChI=1S/C24H31F3N2O3/c1-18-6-7-23(14-19(18)2)32-13-12-31-17-22(30)16-28-8-10-29(11-9-28)21-5-3-4-20(15-21)24(25,26)27/h3-7,14-15,22,30H,8-13,16-17H2,1-2H3/t22-/m1/s1. The molecule has 176 valence electrons. The molecule has 1 atom stereocenters. The van der Waals surface area contributed by atoms with E-state index in [1.807, 2.05) is 30.0 Å². The van der Waals surface area contributed by atoms with E-state index in [1.165, 1.54) is 23.3 Å².